The Kier molecular flexibility index (Phi) is 4.74. The van der Waals surface area contributed by atoms with Crippen LogP contribution in [0, 0.1) is 13.8 Å². The summed E-state index contributed by atoms with van der Waals surface area (Å²) >= 11 is 6.26. The number of hydrogen-bond donors (Lipinski definition) is 0. The van der Waals surface area contributed by atoms with Gasteiger partial charge < -0.3 is 9.47 Å². The molecule has 0 atom stereocenters. The van der Waals surface area contributed by atoms with Gasteiger partial charge in [-0.25, -0.2) is 4.90 Å². The van der Waals surface area contributed by atoms with Crippen molar-refractivity contribution in [2.24, 2.45) is 0 Å². The summed E-state index contributed by atoms with van der Waals surface area (Å²) in [6.07, 6.45) is 0. The Labute approximate surface area is 156 Å². The van der Waals surface area contributed by atoms with E-state index in [1.807, 2.05) is 19.9 Å². The highest BCUT2D eigenvalue weighted by atomic mass is 35.5. The molecule has 2 amide bonds. The van der Waals surface area contributed by atoms with Gasteiger partial charge in [-0.05, 0) is 48.7 Å². The SMILES string of the molecule is COc1ccc(C2=C(Cl)C(=O)N(c3cccc(C)c3C)C2=O)cc1OC. The number of imide groups is 1. The van der Waals surface area contributed by atoms with Gasteiger partial charge in [-0.1, -0.05) is 29.8 Å². The molecule has 0 bridgehead atoms. The molecule has 0 radical (unpaired) electrons. The minimum absolute atomic E-state index is 0.108. The maximum absolute atomic E-state index is 13.0. The first-order valence-electron chi connectivity index (χ1n) is 7.97. The smallest absolute Gasteiger partial charge is 0.277 e. The third-order valence-corrected chi connectivity index (χ3v) is 4.87. The molecule has 1 aliphatic heterocycles. The van der Waals surface area contributed by atoms with Crippen molar-refractivity contribution in [1.82, 2.24) is 0 Å². The van der Waals surface area contributed by atoms with Crippen molar-refractivity contribution in [2.75, 3.05) is 19.1 Å². The minimum atomic E-state index is -0.532. The molecular weight excluding hydrogens is 354 g/mol. The number of anilines is 1. The predicted octanol–water partition coefficient (Wildman–Crippen LogP) is 3.84. The molecule has 5 nitrogen and oxygen atoms in total. The van der Waals surface area contributed by atoms with Crippen LogP contribution in [0.15, 0.2) is 41.4 Å². The third-order valence-electron chi connectivity index (χ3n) is 4.52. The van der Waals surface area contributed by atoms with Crippen molar-refractivity contribution in [1.29, 1.82) is 0 Å². The summed E-state index contributed by atoms with van der Waals surface area (Å²) in [6, 6.07) is 10.4. The fourth-order valence-electron chi connectivity index (χ4n) is 2.94. The summed E-state index contributed by atoms with van der Waals surface area (Å²) in [6.45, 7) is 3.79. The van der Waals surface area contributed by atoms with Gasteiger partial charge in [0.15, 0.2) is 11.5 Å². The van der Waals surface area contributed by atoms with Crippen LogP contribution < -0.4 is 14.4 Å². The maximum Gasteiger partial charge on any atom is 0.277 e. The minimum Gasteiger partial charge on any atom is -0.493 e. The first kappa shape index (κ1) is 18.0. The molecule has 0 saturated heterocycles. The monoisotopic (exact) mass is 371 g/mol. The summed E-state index contributed by atoms with van der Waals surface area (Å²) in [5.74, 6) is -0.0143. The molecule has 26 heavy (non-hydrogen) atoms. The molecule has 0 unspecified atom stereocenters. The highest BCUT2D eigenvalue weighted by Gasteiger charge is 2.40. The van der Waals surface area contributed by atoms with E-state index >= 15 is 0 Å². The van der Waals surface area contributed by atoms with E-state index < -0.39 is 11.8 Å². The van der Waals surface area contributed by atoms with E-state index in [9.17, 15) is 9.59 Å². The number of aryl methyl sites for hydroxylation is 1. The zero-order chi connectivity index (χ0) is 19.0. The normalized spacial score (nSPS) is 14.3. The highest BCUT2D eigenvalue weighted by molar-refractivity contribution is 6.60. The quantitative estimate of drug-likeness (QED) is 0.766. The van der Waals surface area contributed by atoms with E-state index in [2.05, 4.69) is 0 Å². The Balaban J connectivity index is 2.09. The van der Waals surface area contributed by atoms with Gasteiger partial charge in [0.1, 0.15) is 5.03 Å². The number of hydrogen-bond acceptors (Lipinski definition) is 4. The average molecular weight is 372 g/mol. The van der Waals surface area contributed by atoms with E-state index in [-0.39, 0.29) is 10.6 Å². The number of carbonyl (C=O) groups excluding carboxylic acids is 2. The molecule has 0 aliphatic carbocycles. The van der Waals surface area contributed by atoms with Crippen LogP contribution in [-0.4, -0.2) is 26.0 Å². The van der Waals surface area contributed by atoms with Crippen LogP contribution in [0.4, 0.5) is 5.69 Å². The Morgan fingerprint density at radius 3 is 2.27 bits per heavy atom. The molecule has 0 spiro atoms. The van der Waals surface area contributed by atoms with Crippen molar-refractivity contribution in [3.63, 3.8) is 0 Å². The van der Waals surface area contributed by atoms with Gasteiger partial charge in [0, 0.05) is 0 Å². The van der Waals surface area contributed by atoms with E-state index in [0.717, 1.165) is 16.0 Å². The van der Waals surface area contributed by atoms with Crippen molar-refractivity contribution in [2.45, 2.75) is 13.8 Å². The summed E-state index contributed by atoms with van der Waals surface area (Å²) in [4.78, 5) is 26.9. The van der Waals surface area contributed by atoms with Crippen LogP contribution >= 0.6 is 11.6 Å². The Morgan fingerprint density at radius 1 is 0.923 bits per heavy atom. The molecule has 0 fully saturated rings. The van der Waals surface area contributed by atoms with Crippen LogP contribution in [0.2, 0.25) is 0 Å². The standard InChI is InChI=1S/C20H18ClNO4/c1-11-6-5-7-14(12(11)2)22-19(23)17(18(21)20(22)24)13-8-9-15(25-3)16(10-13)26-4/h5-10H,1-4H3. The van der Waals surface area contributed by atoms with E-state index in [1.54, 1.807) is 30.3 Å². The summed E-state index contributed by atoms with van der Waals surface area (Å²) in [5, 5.41) is -0.108. The molecule has 6 heteroatoms. The van der Waals surface area contributed by atoms with Crippen LogP contribution in [0.3, 0.4) is 0 Å². The molecule has 2 aromatic rings. The summed E-state index contributed by atoms with van der Waals surface area (Å²) in [7, 11) is 3.03. The van der Waals surface area contributed by atoms with Gasteiger partial charge in [0.25, 0.3) is 11.8 Å². The number of nitrogens with zero attached hydrogens (tertiary/aromatic N) is 1. The maximum atomic E-state index is 13.0. The number of benzene rings is 2. The fourth-order valence-corrected chi connectivity index (χ4v) is 3.22. The second-order valence-electron chi connectivity index (χ2n) is 5.92. The fraction of sp³-hybridized carbons (Fsp3) is 0.200. The molecular formula is C20H18ClNO4. The number of halogens is 1. The topological polar surface area (TPSA) is 55.8 Å². The van der Waals surface area contributed by atoms with Gasteiger partial charge in [0.2, 0.25) is 0 Å². The molecule has 3 rings (SSSR count). The average Bonchev–Trinajstić information content (AvgIpc) is 2.86. The molecule has 0 aromatic heterocycles. The lowest BCUT2D eigenvalue weighted by atomic mass is 10.0. The van der Waals surface area contributed by atoms with Gasteiger partial charge in [-0.15, -0.1) is 0 Å². The predicted molar refractivity (Wildman–Crippen MR) is 101 cm³/mol. The number of ether oxygens (including phenoxy) is 2. The zero-order valence-corrected chi connectivity index (χ0v) is 15.7. The number of methoxy groups -OCH3 is 2. The highest BCUT2D eigenvalue weighted by Crippen LogP contribution is 2.39. The molecule has 134 valence electrons. The summed E-state index contributed by atoms with van der Waals surface area (Å²) in [5.41, 5.74) is 3.02. The first-order chi connectivity index (χ1) is 12.4. The second kappa shape index (κ2) is 6.84. The molecule has 1 aliphatic rings. The van der Waals surface area contributed by atoms with Gasteiger partial charge in [-0.3, -0.25) is 9.59 Å². The molecule has 2 aromatic carbocycles. The second-order valence-corrected chi connectivity index (χ2v) is 6.30. The van der Waals surface area contributed by atoms with Crippen molar-refractivity contribution in [3.8, 4) is 11.5 Å². The van der Waals surface area contributed by atoms with E-state index in [4.69, 9.17) is 21.1 Å². The van der Waals surface area contributed by atoms with Gasteiger partial charge in [0.05, 0.1) is 25.5 Å². The number of carbonyl (C=O) groups is 2. The largest absolute Gasteiger partial charge is 0.493 e. The lowest BCUT2D eigenvalue weighted by Gasteiger charge is -2.18. The van der Waals surface area contributed by atoms with Crippen LogP contribution in [-0.2, 0) is 9.59 Å². The Morgan fingerprint density at radius 2 is 1.62 bits per heavy atom. The number of amides is 2. The molecule has 1 heterocycles. The first-order valence-corrected chi connectivity index (χ1v) is 8.35. The lowest BCUT2D eigenvalue weighted by Crippen LogP contribution is -2.31. The van der Waals surface area contributed by atoms with Crippen molar-refractivity contribution >= 4 is 34.7 Å². The van der Waals surface area contributed by atoms with E-state index in [0.29, 0.717) is 22.7 Å². The Bertz CT molecular complexity index is 949. The van der Waals surface area contributed by atoms with E-state index in [1.165, 1.54) is 14.2 Å². The third kappa shape index (κ3) is 2.74. The van der Waals surface area contributed by atoms with Crippen LogP contribution in [0.25, 0.3) is 5.57 Å². The van der Waals surface area contributed by atoms with Crippen LogP contribution in [0.1, 0.15) is 16.7 Å². The van der Waals surface area contributed by atoms with Crippen molar-refractivity contribution in [3.05, 3.63) is 58.1 Å². The van der Waals surface area contributed by atoms with Gasteiger partial charge >= 0.3 is 0 Å². The lowest BCUT2D eigenvalue weighted by molar-refractivity contribution is -0.119. The number of rotatable bonds is 4. The van der Waals surface area contributed by atoms with Crippen LogP contribution in [0.5, 0.6) is 11.5 Å². The van der Waals surface area contributed by atoms with Crippen molar-refractivity contribution < 1.29 is 19.1 Å². The molecule has 0 N–H and O–H groups in total. The Hall–Kier alpha value is -2.79. The molecule has 0 saturated carbocycles. The summed E-state index contributed by atoms with van der Waals surface area (Å²) < 4.78 is 10.5. The van der Waals surface area contributed by atoms with Gasteiger partial charge in [-0.2, -0.15) is 0 Å². The zero-order valence-electron chi connectivity index (χ0n) is 14.9.